The summed E-state index contributed by atoms with van der Waals surface area (Å²) in [7, 11) is 0. The summed E-state index contributed by atoms with van der Waals surface area (Å²) in [6.45, 7) is 0. The Kier molecular flexibility index (Phi) is 2.97. The summed E-state index contributed by atoms with van der Waals surface area (Å²) in [6.07, 6.45) is 12.8. The predicted molar refractivity (Wildman–Crippen MR) is 63.3 cm³/mol. The average molecular weight is 224 g/mol. The molecule has 0 radical (unpaired) electrons. The van der Waals surface area contributed by atoms with Crippen molar-refractivity contribution in [3.05, 3.63) is 0 Å². The first-order valence-corrected chi connectivity index (χ1v) is 7.14. The SMILES string of the molecule is OC1(C2CCCCCC2)CC2CCC(C1)O2. The lowest BCUT2D eigenvalue weighted by Gasteiger charge is -2.42. The van der Waals surface area contributed by atoms with Gasteiger partial charge in [0, 0.05) is 12.8 Å². The first-order valence-electron chi connectivity index (χ1n) is 7.14. The lowest BCUT2D eigenvalue weighted by Crippen LogP contribution is -2.46. The van der Waals surface area contributed by atoms with Crippen LogP contribution in [0.5, 0.6) is 0 Å². The average Bonchev–Trinajstić information content (AvgIpc) is 2.53. The standard InChI is InChI=1S/C14H24O2/c15-14(11-5-3-1-2-4-6-11)9-12-7-8-13(10-14)16-12/h11-13,15H,1-10H2. The Hall–Kier alpha value is -0.0800. The quantitative estimate of drug-likeness (QED) is 0.694. The molecule has 2 saturated heterocycles. The maximum Gasteiger partial charge on any atom is 0.0725 e. The molecule has 16 heavy (non-hydrogen) atoms. The van der Waals surface area contributed by atoms with E-state index in [2.05, 4.69) is 0 Å². The molecule has 2 bridgehead atoms. The lowest BCUT2D eigenvalue weighted by molar-refractivity contribution is -0.140. The molecule has 0 aromatic rings. The number of hydrogen-bond donors (Lipinski definition) is 1. The fraction of sp³-hybridized carbons (Fsp3) is 1.00. The molecule has 3 fully saturated rings. The highest BCUT2D eigenvalue weighted by Gasteiger charge is 2.47. The normalized spacial score (nSPS) is 45.6. The minimum absolute atomic E-state index is 0.368. The lowest BCUT2D eigenvalue weighted by atomic mass is 9.75. The number of fused-ring (bicyclic) bond motifs is 2. The molecular formula is C14H24O2. The van der Waals surface area contributed by atoms with Crippen molar-refractivity contribution in [3.63, 3.8) is 0 Å². The van der Waals surface area contributed by atoms with Gasteiger partial charge in [-0.1, -0.05) is 25.7 Å². The van der Waals surface area contributed by atoms with Crippen molar-refractivity contribution < 1.29 is 9.84 Å². The van der Waals surface area contributed by atoms with E-state index < -0.39 is 0 Å². The van der Waals surface area contributed by atoms with Crippen molar-refractivity contribution in [1.29, 1.82) is 0 Å². The van der Waals surface area contributed by atoms with Crippen LogP contribution in [0, 0.1) is 5.92 Å². The molecule has 1 saturated carbocycles. The number of hydrogen-bond acceptors (Lipinski definition) is 2. The van der Waals surface area contributed by atoms with Crippen molar-refractivity contribution in [2.45, 2.75) is 82.0 Å². The van der Waals surface area contributed by atoms with Gasteiger partial charge in [0.2, 0.25) is 0 Å². The zero-order valence-electron chi connectivity index (χ0n) is 10.2. The van der Waals surface area contributed by atoms with E-state index in [4.69, 9.17) is 4.74 Å². The smallest absolute Gasteiger partial charge is 0.0725 e. The van der Waals surface area contributed by atoms with Crippen LogP contribution in [0.2, 0.25) is 0 Å². The summed E-state index contributed by atoms with van der Waals surface area (Å²) in [5.41, 5.74) is -0.381. The van der Waals surface area contributed by atoms with Crippen molar-refractivity contribution >= 4 is 0 Å². The van der Waals surface area contributed by atoms with E-state index in [0.29, 0.717) is 18.1 Å². The van der Waals surface area contributed by atoms with Crippen LogP contribution in [0.1, 0.15) is 64.2 Å². The highest BCUT2D eigenvalue weighted by Crippen LogP contribution is 2.45. The fourth-order valence-electron chi connectivity index (χ4n) is 4.10. The van der Waals surface area contributed by atoms with Crippen molar-refractivity contribution in [1.82, 2.24) is 0 Å². The Morgan fingerprint density at radius 3 is 1.94 bits per heavy atom. The first kappa shape index (κ1) is 11.0. The van der Waals surface area contributed by atoms with Crippen LogP contribution in [0.25, 0.3) is 0 Å². The number of rotatable bonds is 1. The van der Waals surface area contributed by atoms with Crippen molar-refractivity contribution in [2.24, 2.45) is 5.92 Å². The van der Waals surface area contributed by atoms with Gasteiger partial charge in [0.15, 0.2) is 0 Å². The summed E-state index contributed by atoms with van der Waals surface area (Å²) in [5.74, 6) is 0.557. The summed E-state index contributed by atoms with van der Waals surface area (Å²) in [4.78, 5) is 0. The maximum atomic E-state index is 10.9. The third-order valence-corrected chi connectivity index (χ3v) is 4.97. The van der Waals surface area contributed by atoms with Gasteiger partial charge >= 0.3 is 0 Å². The summed E-state index contributed by atoms with van der Waals surface area (Å²) < 4.78 is 5.85. The van der Waals surface area contributed by atoms with Gasteiger partial charge in [-0.05, 0) is 31.6 Å². The van der Waals surface area contributed by atoms with Gasteiger partial charge in [-0.2, -0.15) is 0 Å². The zero-order chi connectivity index (χ0) is 11.0. The molecule has 3 rings (SSSR count). The van der Waals surface area contributed by atoms with E-state index in [0.717, 1.165) is 12.8 Å². The van der Waals surface area contributed by atoms with Gasteiger partial charge in [-0.15, -0.1) is 0 Å². The molecule has 2 nitrogen and oxygen atoms in total. The zero-order valence-corrected chi connectivity index (χ0v) is 10.2. The molecule has 2 heterocycles. The third kappa shape index (κ3) is 2.02. The molecule has 0 aromatic carbocycles. The van der Waals surface area contributed by atoms with Gasteiger partial charge in [0.1, 0.15) is 0 Å². The highest BCUT2D eigenvalue weighted by atomic mass is 16.5. The Morgan fingerprint density at radius 2 is 1.38 bits per heavy atom. The van der Waals surface area contributed by atoms with Crippen LogP contribution in [-0.4, -0.2) is 22.9 Å². The molecule has 2 heteroatoms. The van der Waals surface area contributed by atoms with Gasteiger partial charge in [-0.3, -0.25) is 0 Å². The Labute approximate surface area is 98.4 Å². The Bertz CT molecular complexity index is 231. The van der Waals surface area contributed by atoms with E-state index in [-0.39, 0.29) is 5.60 Å². The molecule has 0 spiro atoms. The fourth-order valence-corrected chi connectivity index (χ4v) is 4.10. The van der Waals surface area contributed by atoms with Crippen LogP contribution in [0.15, 0.2) is 0 Å². The van der Waals surface area contributed by atoms with Crippen molar-refractivity contribution in [3.8, 4) is 0 Å². The molecule has 2 aliphatic heterocycles. The molecule has 92 valence electrons. The van der Waals surface area contributed by atoms with Gasteiger partial charge < -0.3 is 9.84 Å². The second kappa shape index (κ2) is 4.30. The number of aliphatic hydroxyl groups is 1. The van der Waals surface area contributed by atoms with E-state index in [9.17, 15) is 5.11 Å². The molecule has 1 N–H and O–H groups in total. The predicted octanol–water partition coefficient (Wildman–Crippen LogP) is 3.03. The van der Waals surface area contributed by atoms with Crippen LogP contribution < -0.4 is 0 Å². The largest absolute Gasteiger partial charge is 0.389 e. The van der Waals surface area contributed by atoms with Crippen LogP contribution >= 0.6 is 0 Å². The topological polar surface area (TPSA) is 29.5 Å². The molecule has 0 amide bonds. The Balaban J connectivity index is 1.71. The number of ether oxygens (including phenoxy) is 1. The van der Waals surface area contributed by atoms with Crippen molar-refractivity contribution in [2.75, 3.05) is 0 Å². The van der Waals surface area contributed by atoms with Gasteiger partial charge in [-0.25, -0.2) is 0 Å². The minimum atomic E-state index is -0.381. The van der Waals surface area contributed by atoms with Crippen LogP contribution in [0.3, 0.4) is 0 Å². The summed E-state index contributed by atoms with van der Waals surface area (Å²) >= 11 is 0. The second-order valence-electron chi connectivity index (χ2n) is 6.16. The van der Waals surface area contributed by atoms with Gasteiger partial charge in [0.05, 0.1) is 17.8 Å². The molecule has 1 aliphatic carbocycles. The first-order chi connectivity index (χ1) is 7.76. The Morgan fingerprint density at radius 1 is 0.812 bits per heavy atom. The minimum Gasteiger partial charge on any atom is -0.389 e. The van der Waals surface area contributed by atoms with Crippen LogP contribution in [0.4, 0.5) is 0 Å². The van der Waals surface area contributed by atoms with Crippen LogP contribution in [-0.2, 0) is 4.74 Å². The van der Waals surface area contributed by atoms with E-state index in [1.54, 1.807) is 0 Å². The second-order valence-corrected chi connectivity index (χ2v) is 6.16. The summed E-state index contributed by atoms with van der Waals surface area (Å²) in [5, 5.41) is 10.9. The third-order valence-electron chi connectivity index (χ3n) is 4.97. The van der Waals surface area contributed by atoms with E-state index >= 15 is 0 Å². The molecule has 0 aromatic heterocycles. The molecule has 3 aliphatic rings. The molecule has 2 unspecified atom stereocenters. The van der Waals surface area contributed by atoms with E-state index in [1.165, 1.54) is 51.4 Å². The maximum absolute atomic E-state index is 10.9. The molecule has 2 atom stereocenters. The molecular weight excluding hydrogens is 200 g/mol. The van der Waals surface area contributed by atoms with Gasteiger partial charge in [0.25, 0.3) is 0 Å². The van der Waals surface area contributed by atoms with E-state index in [1.807, 2.05) is 0 Å². The highest BCUT2D eigenvalue weighted by molar-refractivity contribution is 4.98. The monoisotopic (exact) mass is 224 g/mol. The summed E-state index contributed by atoms with van der Waals surface area (Å²) in [6, 6.07) is 0.